The van der Waals surface area contributed by atoms with Crippen molar-refractivity contribution in [2.24, 2.45) is 0 Å². The van der Waals surface area contributed by atoms with Gasteiger partial charge in [0, 0.05) is 18.3 Å². The largest absolute Gasteiger partial charge is 0.457 e. The maximum atomic E-state index is 9.31. The van der Waals surface area contributed by atoms with E-state index < -0.39 is 0 Å². The van der Waals surface area contributed by atoms with Crippen molar-refractivity contribution in [2.45, 2.75) is 19.6 Å². The van der Waals surface area contributed by atoms with E-state index >= 15 is 0 Å². The highest BCUT2D eigenvalue weighted by Crippen LogP contribution is 2.32. The van der Waals surface area contributed by atoms with E-state index in [-0.39, 0.29) is 6.61 Å². The fourth-order valence-electron chi connectivity index (χ4n) is 2.87. The van der Waals surface area contributed by atoms with E-state index in [1.165, 1.54) is 0 Å². The smallest absolute Gasteiger partial charge is 0.153 e. The molecule has 126 valence electrons. The molecule has 0 radical (unpaired) electrons. The van der Waals surface area contributed by atoms with Gasteiger partial charge in [-0.3, -0.25) is 5.10 Å². The van der Waals surface area contributed by atoms with Crippen molar-refractivity contribution in [1.82, 2.24) is 19.7 Å². The SMILES string of the molecule is OCc1ccc(-c2c(-c3ccccc3)ncn2CCc2cn[nH]c2)o1. The monoisotopic (exact) mass is 334 g/mol. The van der Waals surface area contributed by atoms with Crippen LogP contribution < -0.4 is 0 Å². The van der Waals surface area contributed by atoms with Crippen molar-refractivity contribution >= 4 is 0 Å². The Hall–Kier alpha value is -3.12. The molecule has 0 aliphatic heterocycles. The summed E-state index contributed by atoms with van der Waals surface area (Å²) in [5.41, 5.74) is 3.94. The van der Waals surface area contributed by atoms with Crippen LogP contribution in [0.3, 0.4) is 0 Å². The average molecular weight is 334 g/mol. The van der Waals surface area contributed by atoms with E-state index in [9.17, 15) is 5.11 Å². The van der Waals surface area contributed by atoms with Crippen molar-refractivity contribution in [3.63, 3.8) is 0 Å². The van der Waals surface area contributed by atoms with E-state index in [1.807, 2.05) is 55.1 Å². The second-order valence-corrected chi connectivity index (χ2v) is 5.78. The topological polar surface area (TPSA) is 79.9 Å². The Balaban J connectivity index is 1.74. The summed E-state index contributed by atoms with van der Waals surface area (Å²) in [6, 6.07) is 13.7. The number of hydrogen-bond acceptors (Lipinski definition) is 4. The zero-order valence-electron chi connectivity index (χ0n) is 13.6. The van der Waals surface area contributed by atoms with Crippen LogP contribution in [0.5, 0.6) is 0 Å². The molecule has 3 heterocycles. The van der Waals surface area contributed by atoms with E-state index in [0.717, 1.165) is 35.5 Å². The van der Waals surface area contributed by atoms with E-state index in [1.54, 1.807) is 6.07 Å². The molecule has 6 nitrogen and oxygen atoms in total. The fraction of sp³-hybridized carbons (Fsp3) is 0.158. The molecule has 0 spiro atoms. The van der Waals surface area contributed by atoms with Gasteiger partial charge in [0.2, 0.25) is 0 Å². The predicted octanol–water partition coefficient (Wildman–Crippen LogP) is 3.27. The van der Waals surface area contributed by atoms with E-state index in [4.69, 9.17) is 4.42 Å². The quantitative estimate of drug-likeness (QED) is 0.567. The highest BCUT2D eigenvalue weighted by Gasteiger charge is 2.18. The molecule has 0 amide bonds. The third-order valence-corrected chi connectivity index (χ3v) is 4.13. The summed E-state index contributed by atoms with van der Waals surface area (Å²) in [6.07, 6.45) is 6.39. The number of aromatic nitrogens is 4. The van der Waals surface area contributed by atoms with Crippen molar-refractivity contribution in [3.8, 4) is 22.7 Å². The number of aryl methyl sites for hydroxylation is 2. The van der Waals surface area contributed by atoms with Crippen LogP contribution in [0.25, 0.3) is 22.7 Å². The van der Waals surface area contributed by atoms with Gasteiger partial charge in [0.1, 0.15) is 18.1 Å². The van der Waals surface area contributed by atoms with Gasteiger partial charge in [-0.25, -0.2) is 4.98 Å². The molecule has 3 aromatic heterocycles. The van der Waals surface area contributed by atoms with Crippen LogP contribution in [0, 0.1) is 0 Å². The Kier molecular flexibility index (Phi) is 4.18. The van der Waals surface area contributed by atoms with Gasteiger partial charge >= 0.3 is 0 Å². The Labute approximate surface area is 144 Å². The van der Waals surface area contributed by atoms with Crippen LogP contribution in [-0.2, 0) is 19.6 Å². The third-order valence-electron chi connectivity index (χ3n) is 4.13. The average Bonchev–Trinajstić information content (AvgIpc) is 3.39. The molecule has 0 aliphatic rings. The molecule has 0 saturated carbocycles. The molecule has 0 unspecified atom stereocenters. The number of furan rings is 1. The van der Waals surface area contributed by atoms with Crippen LogP contribution in [0.15, 0.2) is 65.6 Å². The summed E-state index contributed by atoms with van der Waals surface area (Å²) < 4.78 is 7.87. The minimum Gasteiger partial charge on any atom is -0.457 e. The minimum atomic E-state index is -0.121. The molecule has 6 heteroatoms. The standard InChI is InChI=1S/C19H18N4O2/c24-12-16-6-7-17(25-16)19-18(15-4-2-1-3-5-15)20-13-23(19)9-8-14-10-21-22-11-14/h1-7,10-11,13,24H,8-9,12H2,(H,21,22). The Bertz CT molecular complexity index is 939. The molecule has 25 heavy (non-hydrogen) atoms. The summed E-state index contributed by atoms with van der Waals surface area (Å²) in [5, 5.41) is 16.1. The van der Waals surface area contributed by atoms with Crippen molar-refractivity contribution < 1.29 is 9.52 Å². The summed E-state index contributed by atoms with van der Waals surface area (Å²) in [4.78, 5) is 4.61. The van der Waals surface area contributed by atoms with Gasteiger partial charge < -0.3 is 14.1 Å². The fourth-order valence-corrected chi connectivity index (χ4v) is 2.87. The number of hydrogen-bond donors (Lipinski definition) is 2. The van der Waals surface area contributed by atoms with E-state index in [2.05, 4.69) is 19.7 Å². The first kappa shape index (κ1) is 15.4. The lowest BCUT2D eigenvalue weighted by Crippen LogP contribution is -2.01. The van der Waals surface area contributed by atoms with E-state index in [0.29, 0.717) is 11.5 Å². The number of nitrogens with zero attached hydrogens (tertiary/aromatic N) is 3. The summed E-state index contributed by atoms with van der Waals surface area (Å²) in [5.74, 6) is 1.24. The zero-order chi connectivity index (χ0) is 17.1. The van der Waals surface area contributed by atoms with Crippen LogP contribution in [-0.4, -0.2) is 24.9 Å². The molecule has 2 N–H and O–H groups in total. The van der Waals surface area contributed by atoms with Crippen molar-refractivity contribution in [1.29, 1.82) is 0 Å². The van der Waals surface area contributed by atoms with Crippen LogP contribution >= 0.6 is 0 Å². The number of aliphatic hydroxyl groups is 1. The number of imidazole rings is 1. The number of benzene rings is 1. The Morgan fingerprint density at radius 1 is 1.12 bits per heavy atom. The van der Waals surface area contributed by atoms with Gasteiger partial charge in [0.15, 0.2) is 5.76 Å². The molecule has 0 saturated heterocycles. The normalized spacial score (nSPS) is 11.1. The number of aromatic amines is 1. The highest BCUT2D eigenvalue weighted by molar-refractivity contribution is 5.76. The molecule has 4 rings (SSSR count). The summed E-state index contributed by atoms with van der Waals surface area (Å²) in [7, 11) is 0. The van der Waals surface area contributed by atoms with Gasteiger partial charge in [-0.2, -0.15) is 5.10 Å². The first-order valence-corrected chi connectivity index (χ1v) is 8.13. The maximum Gasteiger partial charge on any atom is 0.153 e. The predicted molar refractivity (Wildman–Crippen MR) is 93.6 cm³/mol. The van der Waals surface area contributed by atoms with Gasteiger partial charge in [0.25, 0.3) is 0 Å². The molecule has 0 fully saturated rings. The van der Waals surface area contributed by atoms with Gasteiger partial charge in [-0.05, 0) is 24.1 Å². The van der Waals surface area contributed by atoms with Crippen molar-refractivity contribution in [2.75, 3.05) is 0 Å². The molecular weight excluding hydrogens is 316 g/mol. The minimum absolute atomic E-state index is 0.121. The number of aliphatic hydroxyl groups excluding tert-OH is 1. The lowest BCUT2D eigenvalue weighted by molar-refractivity contribution is 0.248. The van der Waals surface area contributed by atoms with Crippen LogP contribution in [0.1, 0.15) is 11.3 Å². The maximum absolute atomic E-state index is 9.31. The van der Waals surface area contributed by atoms with Crippen LogP contribution in [0.4, 0.5) is 0 Å². The first-order valence-electron chi connectivity index (χ1n) is 8.13. The molecule has 0 aliphatic carbocycles. The first-order chi connectivity index (χ1) is 12.3. The van der Waals surface area contributed by atoms with Gasteiger partial charge in [0.05, 0.1) is 18.2 Å². The second-order valence-electron chi connectivity index (χ2n) is 5.78. The second kappa shape index (κ2) is 6.78. The summed E-state index contributed by atoms with van der Waals surface area (Å²) in [6.45, 7) is 0.633. The Morgan fingerprint density at radius 2 is 2.00 bits per heavy atom. The number of rotatable bonds is 6. The highest BCUT2D eigenvalue weighted by atomic mass is 16.4. The molecule has 1 aromatic carbocycles. The molecule has 0 bridgehead atoms. The number of H-pyrrole nitrogens is 1. The van der Waals surface area contributed by atoms with Crippen molar-refractivity contribution in [3.05, 3.63) is 72.5 Å². The molecular formula is C19H18N4O2. The Morgan fingerprint density at radius 3 is 2.72 bits per heavy atom. The third kappa shape index (κ3) is 3.12. The van der Waals surface area contributed by atoms with Crippen LogP contribution in [0.2, 0.25) is 0 Å². The summed E-state index contributed by atoms with van der Waals surface area (Å²) >= 11 is 0. The molecule has 0 atom stereocenters. The molecule has 4 aromatic rings. The zero-order valence-corrected chi connectivity index (χ0v) is 13.6. The lowest BCUT2D eigenvalue weighted by atomic mass is 10.1. The number of nitrogens with one attached hydrogen (secondary N) is 1. The lowest BCUT2D eigenvalue weighted by Gasteiger charge is -2.08. The van der Waals surface area contributed by atoms with Gasteiger partial charge in [-0.1, -0.05) is 30.3 Å². The van der Waals surface area contributed by atoms with Gasteiger partial charge in [-0.15, -0.1) is 0 Å².